The number of benzene rings is 1. The van der Waals surface area contributed by atoms with Crippen molar-refractivity contribution in [2.75, 3.05) is 0 Å². The molecule has 1 N–H and O–H groups in total. The molecule has 0 radical (unpaired) electrons. The summed E-state index contributed by atoms with van der Waals surface area (Å²) in [6.07, 6.45) is 4.98. The molecule has 0 fully saturated rings. The van der Waals surface area contributed by atoms with Crippen molar-refractivity contribution < 1.29 is 5.11 Å². The van der Waals surface area contributed by atoms with Gasteiger partial charge in [-0.05, 0) is 24.1 Å². The molecule has 0 bridgehead atoms. The third kappa shape index (κ3) is 2.63. The van der Waals surface area contributed by atoms with Gasteiger partial charge in [-0.15, -0.1) is 0 Å². The highest BCUT2D eigenvalue weighted by atomic mass is 16.3. The predicted molar refractivity (Wildman–Crippen MR) is 61.0 cm³/mol. The molecule has 1 aromatic rings. The van der Waals surface area contributed by atoms with Crippen LogP contribution >= 0.6 is 0 Å². The second-order valence-electron chi connectivity index (χ2n) is 2.97. The maximum atomic E-state index is 9.65. The topological polar surface area (TPSA) is 20.2 Å². The highest BCUT2D eigenvalue weighted by Gasteiger charge is 1.98. The van der Waals surface area contributed by atoms with Crippen molar-refractivity contribution in [3.63, 3.8) is 0 Å². The van der Waals surface area contributed by atoms with Crippen LogP contribution in [-0.2, 0) is 0 Å². The molecule has 0 saturated heterocycles. The van der Waals surface area contributed by atoms with Crippen molar-refractivity contribution >= 4 is 5.57 Å². The van der Waals surface area contributed by atoms with Gasteiger partial charge in [-0.2, -0.15) is 0 Å². The molecule has 0 aliphatic carbocycles. The number of aliphatic hydroxyl groups is 1. The van der Waals surface area contributed by atoms with Crippen LogP contribution in [0.15, 0.2) is 60.9 Å². The van der Waals surface area contributed by atoms with Gasteiger partial charge in [0.05, 0.1) is 0 Å². The van der Waals surface area contributed by atoms with E-state index in [4.69, 9.17) is 0 Å². The monoisotopic (exact) mass is 186 g/mol. The molecule has 0 atom stereocenters. The normalized spacial score (nSPS) is 12.6. The average Bonchev–Trinajstić information content (AvgIpc) is 2.26. The first-order valence-electron chi connectivity index (χ1n) is 4.50. The highest BCUT2D eigenvalue weighted by molar-refractivity contribution is 5.67. The maximum Gasteiger partial charge on any atom is 0.119 e. The Kier molecular flexibility index (Phi) is 3.74. The smallest absolute Gasteiger partial charge is 0.119 e. The lowest BCUT2D eigenvalue weighted by atomic mass is 10.1. The Labute approximate surface area is 84.7 Å². The number of aliphatic hydroxyl groups excluding tert-OH is 1. The summed E-state index contributed by atoms with van der Waals surface area (Å²) in [5.74, 6) is 0.274. The van der Waals surface area contributed by atoms with Gasteiger partial charge in [-0.3, -0.25) is 0 Å². The lowest BCUT2D eigenvalue weighted by Gasteiger charge is -2.02. The molecule has 1 nitrogen and oxygen atoms in total. The Morgan fingerprint density at radius 1 is 1.29 bits per heavy atom. The fourth-order valence-corrected chi connectivity index (χ4v) is 1.12. The van der Waals surface area contributed by atoms with Crippen LogP contribution in [0.25, 0.3) is 5.57 Å². The van der Waals surface area contributed by atoms with Crippen molar-refractivity contribution in [1.82, 2.24) is 0 Å². The van der Waals surface area contributed by atoms with Crippen molar-refractivity contribution in [3.05, 3.63) is 66.5 Å². The van der Waals surface area contributed by atoms with Gasteiger partial charge in [-0.1, -0.05) is 49.1 Å². The zero-order valence-corrected chi connectivity index (χ0v) is 8.27. The first-order valence-corrected chi connectivity index (χ1v) is 4.50. The van der Waals surface area contributed by atoms with Gasteiger partial charge < -0.3 is 5.11 Å². The zero-order valence-electron chi connectivity index (χ0n) is 8.27. The molecule has 72 valence electrons. The van der Waals surface area contributed by atoms with E-state index in [2.05, 4.69) is 6.58 Å². The molecule has 0 heterocycles. The number of hydrogen-bond acceptors (Lipinski definition) is 1. The van der Waals surface area contributed by atoms with Crippen LogP contribution < -0.4 is 0 Å². The fraction of sp³-hybridized carbons (Fsp3) is 0.0769. The molecule has 1 aromatic carbocycles. The van der Waals surface area contributed by atoms with E-state index < -0.39 is 0 Å². The molecule has 0 unspecified atom stereocenters. The van der Waals surface area contributed by atoms with Crippen LogP contribution in [0, 0.1) is 0 Å². The number of allylic oxidation sites excluding steroid dienone is 4. The minimum Gasteiger partial charge on any atom is -0.508 e. The van der Waals surface area contributed by atoms with E-state index in [9.17, 15) is 5.11 Å². The summed E-state index contributed by atoms with van der Waals surface area (Å²) >= 11 is 0. The van der Waals surface area contributed by atoms with E-state index in [1.807, 2.05) is 37.3 Å². The first kappa shape index (κ1) is 10.3. The summed E-state index contributed by atoms with van der Waals surface area (Å²) in [5, 5.41) is 9.65. The molecule has 0 aliphatic heterocycles. The van der Waals surface area contributed by atoms with Crippen molar-refractivity contribution in [1.29, 1.82) is 0 Å². The zero-order chi connectivity index (χ0) is 10.4. The molecule has 0 aromatic heterocycles. The van der Waals surface area contributed by atoms with Crippen LogP contribution in [0.1, 0.15) is 12.5 Å². The lowest BCUT2D eigenvalue weighted by molar-refractivity contribution is 0.435. The van der Waals surface area contributed by atoms with Gasteiger partial charge in [0, 0.05) is 0 Å². The van der Waals surface area contributed by atoms with Crippen LogP contribution in [-0.4, -0.2) is 5.11 Å². The molecule has 14 heavy (non-hydrogen) atoms. The molecule has 1 heteroatoms. The summed E-state index contributed by atoms with van der Waals surface area (Å²) in [6.45, 7) is 5.43. The minimum absolute atomic E-state index is 0.274. The second kappa shape index (κ2) is 5.07. The third-order valence-electron chi connectivity index (χ3n) is 1.98. The predicted octanol–water partition coefficient (Wildman–Crippen LogP) is 3.72. The average molecular weight is 186 g/mol. The third-order valence-corrected chi connectivity index (χ3v) is 1.98. The van der Waals surface area contributed by atoms with Crippen LogP contribution in [0.4, 0.5) is 0 Å². The summed E-state index contributed by atoms with van der Waals surface area (Å²) in [7, 11) is 0. The quantitative estimate of drug-likeness (QED) is 0.563. The van der Waals surface area contributed by atoms with Gasteiger partial charge in [-0.25, -0.2) is 0 Å². The molecule has 0 saturated carbocycles. The molecule has 0 amide bonds. The Balaban J connectivity index is 2.98. The van der Waals surface area contributed by atoms with Gasteiger partial charge >= 0.3 is 0 Å². The highest BCUT2D eigenvalue weighted by Crippen LogP contribution is 2.16. The Bertz CT molecular complexity index is 358. The van der Waals surface area contributed by atoms with Crippen LogP contribution in [0.2, 0.25) is 0 Å². The Morgan fingerprint density at radius 3 is 2.50 bits per heavy atom. The largest absolute Gasteiger partial charge is 0.508 e. The van der Waals surface area contributed by atoms with Crippen LogP contribution in [0.3, 0.4) is 0 Å². The standard InChI is InChI=1S/C13H14O/c1-3-4-10-13(14)11(2)12-8-6-5-7-9-12/h3-10,14H,1H2,2H3/b10-4-,13-11-. The van der Waals surface area contributed by atoms with Crippen LogP contribution in [0.5, 0.6) is 0 Å². The number of hydrogen-bond donors (Lipinski definition) is 1. The van der Waals surface area contributed by atoms with E-state index in [0.29, 0.717) is 0 Å². The first-order chi connectivity index (χ1) is 6.75. The van der Waals surface area contributed by atoms with E-state index in [1.165, 1.54) is 0 Å². The minimum atomic E-state index is 0.274. The van der Waals surface area contributed by atoms with E-state index >= 15 is 0 Å². The van der Waals surface area contributed by atoms with Crippen molar-refractivity contribution in [2.24, 2.45) is 0 Å². The molecular weight excluding hydrogens is 172 g/mol. The molecule has 1 rings (SSSR count). The van der Waals surface area contributed by atoms with Crippen molar-refractivity contribution in [2.45, 2.75) is 6.92 Å². The number of rotatable bonds is 3. The lowest BCUT2D eigenvalue weighted by Crippen LogP contribution is -1.84. The van der Waals surface area contributed by atoms with E-state index in [0.717, 1.165) is 11.1 Å². The summed E-state index contributed by atoms with van der Waals surface area (Å²) in [4.78, 5) is 0. The SMILES string of the molecule is C=C/C=C\C(O)=C(/C)c1ccccc1. The fourth-order valence-electron chi connectivity index (χ4n) is 1.12. The molecular formula is C13H14O. The van der Waals surface area contributed by atoms with E-state index in [1.54, 1.807) is 18.2 Å². The Hall–Kier alpha value is -1.76. The second-order valence-corrected chi connectivity index (χ2v) is 2.97. The van der Waals surface area contributed by atoms with Gasteiger partial charge in [0.2, 0.25) is 0 Å². The molecule has 0 spiro atoms. The summed E-state index contributed by atoms with van der Waals surface area (Å²) in [6, 6.07) is 9.78. The van der Waals surface area contributed by atoms with Crippen molar-refractivity contribution in [3.8, 4) is 0 Å². The Morgan fingerprint density at radius 2 is 1.93 bits per heavy atom. The van der Waals surface area contributed by atoms with Gasteiger partial charge in [0.1, 0.15) is 5.76 Å². The van der Waals surface area contributed by atoms with E-state index in [-0.39, 0.29) is 5.76 Å². The summed E-state index contributed by atoms with van der Waals surface area (Å²) < 4.78 is 0. The maximum absolute atomic E-state index is 9.65. The van der Waals surface area contributed by atoms with Gasteiger partial charge in [0.25, 0.3) is 0 Å². The van der Waals surface area contributed by atoms with Gasteiger partial charge in [0.15, 0.2) is 0 Å². The summed E-state index contributed by atoms with van der Waals surface area (Å²) in [5.41, 5.74) is 1.89. The molecule has 0 aliphatic rings.